The monoisotopic (exact) mass is 232 g/mol. The summed E-state index contributed by atoms with van der Waals surface area (Å²) in [6.45, 7) is 5.41. The van der Waals surface area contributed by atoms with Crippen LogP contribution < -0.4 is 0 Å². The molecule has 0 amide bonds. The van der Waals surface area contributed by atoms with Gasteiger partial charge in [-0.1, -0.05) is 24.3 Å². The van der Waals surface area contributed by atoms with E-state index in [0.29, 0.717) is 5.56 Å². The van der Waals surface area contributed by atoms with Gasteiger partial charge in [0.1, 0.15) is 6.10 Å². The summed E-state index contributed by atoms with van der Waals surface area (Å²) in [5.41, 5.74) is 0.968. The van der Waals surface area contributed by atoms with E-state index in [0.717, 1.165) is 5.56 Å². The van der Waals surface area contributed by atoms with Crippen molar-refractivity contribution in [2.75, 3.05) is 0 Å². The van der Waals surface area contributed by atoms with Crippen LogP contribution in [0.1, 0.15) is 49.2 Å². The zero-order valence-electron chi connectivity index (χ0n) is 10.3. The lowest BCUT2D eigenvalue weighted by atomic mass is 9.97. The van der Waals surface area contributed by atoms with Crippen molar-refractivity contribution in [2.45, 2.75) is 33.3 Å². The van der Waals surface area contributed by atoms with Crippen molar-refractivity contribution in [3.63, 3.8) is 0 Å². The fourth-order valence-corrected chi connectivity index (χ4v) is 1.83. The third-order valence-corrected chi connectivity index (χ3v) is 2.84. The Morgan fingerprint density at radius 3 is 2.59 bits per heavy atom. The normalized spacial score (nSPS) is 19.0. The van der Waals surface area contributed by atoms with Crippen molar-refractivity contribution in [3.05, 3.63) is 35.4 Å². The van der Waals surface area contributed by atoms with Gasteiger partial charge < -0.3 is 4.74 Å². The van der Waals surface area contributed by atoms with Gasteiger partial charge in [-0.05, 0) is 20.8 Å². The van der Waals surface area contributed by atoms with Crippen molar-refractivity contribution < 1.29 is 14.3 Å². The number of hydrogen-bond donors (Lipinski definition) is 0. The van der Waals surface area contributed by atoms with E-state index in [9.17, 15) is 9.59 Å². The van der Waals surface area contributed by atoms with E-state index >= 15 is 0 Å². The minimum atomic E-state index is -0.541. The molecule has 0 fully saturated rings. The summed E-state index contributed by atoms with van der Waals surface area (Å²) in [5, 5.41) is 0. The average Bonchev–Trinajstić information content (AvgIpc) is 2.56. The van der Waals surface area contributed by atoms with Crippen LogP contribution in [0.3, 0.4) is 0 Å². The molecule has 3 heteroatoms. The second-order valence-corrected chi connectivity index (χ2v) is 5.36. The van der Waals surface area contributed by atoms with Crippen LogP contribution in [0.5, 0.6) is 0 Å². The van der Waals surface area contributed by atoms with Crippen molar-refractivity contribution >= 4 is 11.8 Å². The first kappa shape index (κ1) is 11.8. The topological polar surface area (TPSA) is 43.4 Å². The highest BCUT2D eigenvalue weighted by Gasteiger charge is 2.34. The van der Waals surface area contributed by atoms with Crippen LogP contribution in [0, 0.1) is 5.41 Å². The van der Waals surface area contributed by atoms with Gasteiger partial charge in [0.2, 0.25) is 0 Å². The molecule has 17 heavy (non-hydrogen) atoms. The van der Waals surface area contributed by atoms with Gasteiger partial charge in [-0.2, -0.15) is 0 Å². The molecule has 0 aliphatic heterocycles. The molecule has 1 aromatic carbocycles. The molecule has 1 unspecified atom stereocenters. The van der Waals surface area contributed by atoms with E-state index in [1.807, 2.05) is 18.2 Å². The predicted octanol–water partition coefficient (Wildman–Crippen LogP) is 2.90. The van der Waals surface area contributed by atoms with Gasteiger partial charge in [0.05, 0.1) is 11.8 Å². The fraction of sp³-hybridized carbons (Fsp3) is 0.429. The van der Waals surface area contributed by atoms with Gasteiger partial charge in [-0.25, -0.2) is 0 Å². The lowest BCUT2D eigenvalue weighted by Crippen LogP contribution is -2.24. The fourth-order valence-electron chi connectivity index (χ4n) is 1.83. The number of esters is 1. The molecule has 1 aliphatic rings. The predicted molar refractivity (Wildman–Crippen MR) is 63.7 cm³/mol. The third-order valence-electron chi connectivity index (χ3n) is 2.84. The Bertz CT molecular complexity index is 469. The van der Waals surface area contributed by atoms with Gasteiger partial charge in [0, 0.05) is 11.1 Å². The van der Waals surface area contributed by atoms with Crippen LogP contribution >= 0.6 is 0 Å². The molecule has 3 nitrogen and oxygen atoms in total. The summed E-state index contributed by atoms with van der Waals surface area (Å²) in [7, 11) is 0. The van der Waals surface area contributed by atoms with E-state index < -0.39 is 11.5 Å². The summed E-state index contributed by atoms with van der Waals surface area (Å²) in [6.07, 6.45) is -0.147. The number of rotatable bonds is 1. The van der Waals surface area contributed by atoms with E-state index in [2.05, 4.69) is 0 Å². The van der Waals surface area contributed by atoms with Crippen molar-refractivity contribution in [2.24, 2.45) is 5.41 Å². The summed E-state index contributed by atoms with van der Waals surface area (Å²) < 4.78 is 5.41. The molecule has 0 bridgehead atoms. The average molecular weight is 232 g/mol. The minimum Gasteiger partial charge on any atom is -0.457 e. The first-order valence-electron chi connectivity index (χ1n) is 5.73. The molecule has 1 aromatic rings. The number of carbonyl (C=O) groups excluding carboxylic acids is 2. The van der Waals surface area contributed by atoms with E-state index in [4.69, 9.17) is 4.74 Å². The Kier molecular flexibility index (Phi) is 2.77. The Balaban J connectivity index is 2.21. The first-order valence-corrected chi connectivity index (χ1v) is 5.73. The van der Waals surface area contributed by atoms with Crippen LogP contribution in [0.2, 0.25) is 0 Å². The van der Waals surface area contributed by atoms with Gasteiger partial charge >= 0.3 is 5.97 Å². The smallest absolute Gasteiger partial charge is 0.311 e. The Morgan fingerprint density at radius 1 is 1.29 bits per heavy atom. The number of Topliss-reactive ketones (excluding diaryl/α,β-unsaturated/α-hetero) is 1. The quantitative estimate of drug-likeness (QED) is 0.699. The number of benzene rings is 1. The van der Waals surface area contributed by atoms with E-state index in [1.54, 1.807) is 26.8 Å². The third kappa shape index (κ3) is 2.23. The standard InChI is InChI=1S/C14H16O3/c1-14(2,3)13(16)17-12-8-11(15)9-6-4-5-7-10(9)12/h4-7,12H,8H2,1-3H3. The van der Waals surface area contributed by atoms with E-state index in [-0.39, 0.29) is 18.2 Å². The van der Waals surface area contributed by atoms with Crippen LogP contribution in [0.4, 0.5) is 0 Å². The maximum Gasteiger partial charge on any atom is 0.311 e. The second-order valence-electron chi connectivity index (χ2n) is 5.36. The highest BCUT2D eigenvalue weighted by atomic mass is 16.5. The number of ether oxygens (including phenoxy) is 1. The molecule has 0 aromatic heterocycles. The molecule has 2 rings (SSSR count). The molecular formula is C14H16O3. The summed E-state index contributed by atoms with van der Waals surface area (Å²) >= 11 is 0. The first-order chi connectivity index (χ1) is 7.89. The summed E-state index contributed by atoms with van der Waals surface area (Å²) in [6, 6.07) is 7.31. The number of hydrogen-bond acceptors (Lipinski definition) is 3. The Morgan fingerprint density at radius 2 is 1.94 bits per heavy atom. The van der Waals surface area contributed by atoms with Crippen molar-refractivity contribution in [3.8, 4) is 0 Å². The van der Waals surface area contributed by atoms with Crippen LogP contribution in [0.25, 0.3) is 0 Å². The van der Waals surface area contributed by atoms with Crippen molar-refractivity contribution in [1.82, 2.24) is 0 Å². The van der Waals surface area contributed by atoms with Gasteiger partial charge in [0.15, 0.2) is 5.78 Å². The van der Waals surface area contributed by atoms with Crippen LogP contribution in [0.15, 0.2) is 24.3 Å². The maximum atomic E-state index is 11.8. The van der Waals surface area contributed by atoms with Gasteiger partial charge in [0.25, 0.3) is 0 Å². The molecule has 0 N–H and O–H groups in total. The summed E-state index contributed by atoms with van der Waals surface area (Å²) in [4.78, 5) is 23.5. The van der Waals surface area contributed by atoms with Crippen LogP contribution in [-0.4, -0.2) is 11.8 Å². The van der Waals surface area contributed by atoms with Crippen molar-refractivity contribution in [1.29, 1.82) is 0 Å². The molecule has 1 atom stereocenters. The SMILES string of the molecule is CC(C)(C)C(=O)OC1CC(=O)c2ccccc21. The molecule has 0 saturated heterocycles. The number of fused-ring (bicyclic) bond motifs is 1. The highest BCUT2D eigenvalue weighted by Crippen LogP contribution is 2.35. The molecule has 0 saturated carbocycles. The van der Waals surface area contributed by atoms with Gasteiger partial charge in [-0.15, -0.1) is 0 Å². The largest absolute Gasteiger partial charge is 0.457 e. The molecule has 0 spiro atoms. The number of ketones is 1. The molecule has 0 radical (unpaired) electrons. The number of carbonyl (C=O) groups is 2. The molecular weight excluding hydrogens is 216 g/mol. The minimum absolute atomic E-state index is 0.0484. The maximum absolute atomic E-state index is 11.8. The summed E-state index contributed by atoms with van der Waals surface area (Å²) in [5.74, 6) is -0.223. The lowest BCUT2D eigenvalue weighted by molar-refractivity contribution is -0.158. The Hall–Kier alpha value is -1.64. The zero-order valence-corrected chi connectivity index (χ0v) is 10.3. The molecule has 90 valence electrons. The van der Waals surface area contributed by atoms with E-state index in [1.165, 1.54) is 0 Å². The zero-order chi connectivity index (χ0) is 12.6. The lowest BCUT2D eigenvalue weighted by Gasteiger charge is -2.20. The highest BCUT2D eigenvalue weighted by molar-refractivity contribution is 6.01. The Labute approximate surface area is 101 Å². The van der Waals surface area contributed by atoms with Gasteiger partial charge in [-0.3, -0.25) is 9.59 Å². The molecule has 1 aliphatic carbocycles. The van der Waals surface area contributed by atoms with Crippen LogP contribution in [-0.2, 0) is 9.53 Å². The molecule has 0 heterocycles. The second kappa shape index (κ2) is 3.99.